The third kappa shape index (κ3) is 3.95. The van der Waals surface area contributed by atoms with Gasteiger partial charge < -0.3 is 9.84 Å². The summed E-state index contributed by atoms with van der Waals surface area (Å²) in [5, 5.41) is 8.32. The van der Waals surface area contributed by atoms with E-state index < -0.39 is 0 Å². The van der Waals surface area contributed by atoms with Crippen LogP contribution in [0.2, 0.25) is 5.02 Å². The van der Waals surface area contributed by atoms with E-state index in [1.54, 1.807) is 11.8 Å². The van der Waals surface area contributed by atoms with E-state index in [1.807, 2.05) is 19.1 Å². The maximum atomic E-state index is 6.40. The molecule has 0 fully saturated rings. The third-order valence-corrected chi connectivity index (χ3v) is 5.10. The maximum absolute atomic E-state index is 6.40. The molecule has 0 spiro atoms. The zero-order chi connectivity index (χ0) is 13.9. The zero-order valence-corrected chi connectivity index (χ0v) is 14.2. The van der Waals surface area contributed by atoms with Crippen molar-refractivity contribution >= 4 is 35.8 Å². The van der Waals surface area contributed by atoms with Crippen LogP contribution in [0, 0.1) is 6.92 Å². The number of aromatic nitrogens is 1. The van der Waals surface area contributed by atoms with Crippen molar-refractivity contribution in [2.75, 3.05) is 13.1 Å². The molecule has 0 amide bonds. The van der Waals surface area contributed by atoms with Gasteiger partial charge in [-0.2, -0.15) is 0 Å². The molecule has 1 aromatic carbocycles. The highest BCUT2D eigenvalue weighted by Crippen LogP contribution is 2.35. The van der Waals surface area contributed by atoms with Crippen LogP contribution in [0.25, 0.3) is 0 Å². The SMILES string of the molecule is Cc1cc(CSc2c(Cl)ccc3c2CCNCC3)no1.Cl. The van der Waals surface area contributed by atoms with E-state index in [1.165, 1.54) is 16.0 Å². The van der Waals surface area contributed by atoms with Gasteiger partial charge in [0.2, 0.25) is 0 Å². The van der Waals surface area contributed by atoms with Gasteiger partial charge in [-0.15, -0.1) is 24.2 Å². The van der Waals surface area contributed by atoms with Gasteiger partial charge in [0, 0.05) is 16.7 Å². The first-order valence-corrected chi connectivity index (χ1v) is 8.16. The first kappa shape index (κ1) is 16.7. The summed E-state index contributed by atoms with van der Waals surface area (Å²) in [6.45, 7) is 3.97. The molecule has 0 saturated heterocycles. The van der Waals surface area contributed by atoms with Gasteiger partial charge in [-0.3, -0.25) is 0 Å². The summed E-state index contributed by atoms with van der Waals surface area (Å²) in [5.74, 6) is 1.64. The van der Waals surface area contributed by atoms with Crippen molar-refractivity contribution in [2.45, 2.75) is 30.4 Å². The minimum Gasteiger partial charge on any atom is -0.361 e. The number of rotatable bonds is 3. The minimum atomic E-state index is 0. The van der Waals surface area contributed by atoms with Crippen LogP contribution in [0.5, 0.6) is 0 Å². The molecule has 6 heteroatoms. The largest absolute Gasteiger partial charge is 0.361 e. The Bertz CT molecular complexity index is 616. The predicted molar refractivity (Wildman–Crippen MR) is 89.8 cm³/mol. The molecule has 2 aromatic rings. The Balaban J connectivity index is 0.00000161. The lowest BCUT2D eigenvalue weighted by molar-refractivity contribution is 0.393. The van der Waals surface area contributed by atoms with E-state index in [9.17, 15) is 0 Å². The number of halogens is 2. The van der Waals surface area contributed by atoms with Gasteiger partial charge in [0.25, 0.3) is 0 Å². The molecular weight excluding hydrogens is 327 g/mol. The minimum absolute atomic E-state index is 0. The Morgan fingerprint density at radius 1 is 1.33 bits per heavy atom. The molecule has 3 nitrogen and oxygen atoms in total. The van der Waals surface area contributed by atoms with Crippen LogP contribution in [-0.4, -0.2) is 18.2 Å². The molecule has 1 aliphatic rings. The van der Waals surface area contributed by atoms with Crippen LogP contribution in [0.1, 0.15) is 22.6 Å². The highest BCUT2D eigenvalue weighted by molar-refractivity contribution is 7.98. The molecule has 0 saturated carbocycles. The van der Waals surface area contributed by atoms with Crippen LogP contribution in [-0.2, 0) is 18.6 Å². The monoisotopic (exact) mass is 344 g/mol. The van der Waals surface area contributed by atoms with Crippen LogP contribution in [0.15, 0.2) is 27.6 Å². The molecule has 0 bridgehead atoms. The van der Waals surface area contributed by atoms with Crippen LogP contribution in [0.4, 0.5) is 0 Å². The number of nitrogens with zero attached hydrogens (tertiary/aromatic N) is 1. The number of hydrogen-bond donors (Lipinski definition) is 1. The van der Waals surface area contributed by atoms with Crippen molar-refractivity contribution in [2.24, 2.45) is 0 Å². The first-order chi connectivity index (χ1) is 9.74. The number of benzene rings is 1. The standard InChI is InChI=1S/C15H17ClN2OS.ClH/c1-10-8-12(18-19-10)9-20-15-13-5-7-17-6-4-11(13)2-3-14(15)16;/h2-3,8,17H,4-7,9H2,1H3;1H. The Kier molecular flexibility index (Phi) is 5.99. The van der Waals surface area contributed by atoms with Crippen LogP contribution < -0.4 is 5.32 Å². The van der Waals surface area contributed by atoms with E-state index in [-0.39, 0.29) is 12.4 Å². The second kappa shape index (κ2) is 7.54. The zero-order valence-electron chi connectivity index (χ0n) is 11.8. The number of thioether (sulfide) groups is 1. The van der Waals surface area contributed by atoms with Crippen LogP contribution >= 0.6 is 35.8 Å². The smallest absolute Gasteiger partial charge is 0.133 e. The molecule has 3 rings (SSSR count). The highest BCUT2D eigenvalue weighted by Gasteiger charge is 2.15. The third-order valence-electron chi connectivity index (χ3n) is 3.47. The lowest BCUT2D eigenvalue weighted by Crippen LogP contribution is -2.16. The fourth-order valence-corrected chi connectivity index (χ4v) is 3.88. The fourth-order valence-electron chi connectivity index (χ4n) is 2.50. The molecule has 1 aliphatic heterocycles. The first-order valence-electron chi connectivity index (χ1n) is 6.80. The van der Waals surface area contributed by atoms with Crippen molar-refractivity contribution in [1.82, 2.24) is 10.5 Å². The predicted octanol–water partition coefficient (Wildman–Crippen LogP) is 4.04. The topological polar surface area (TPSA) is 38.1 Å². The summed E-state index contributed by atoms with van der Waals surface area (Å²) in [6, 6.07) is 6.15. The van der Waals surface area contributed by atoms with Crippen molar-refractivity contribution in [3.8, 4) is 0 Å². The molecule has 2 heterocycles. The van der Waals surface area contributed by atoms with Gasteiger partial charge in [-0.25, -0.2) is 0 Å². The number of aryl methyl sites for hydroxylation is 1. The molecule has 0 atom stereocenters. The summed E-state index contributed by atoms with van der Waals surface area (Å²) >= 11 is 8.16. The summed E-state index contributed by atoms with van der Waals surface area (Å²) in [4.78, 5) is 1.20. The average Bonchev–Trinajstić information content (AvgIpc) is 2.71. The van der Waals surface area contributed by atoms with Gasteiger partial charge >= 0.3 is 0 Å². The molecule has 0 unspecified atom stereocenters. The Morgan fingerprint density at radius 3 is 2.90 bits per heavy atom. The van der Waals surface area contributed by atoms with E-state index >= 15 is 0 Å². The molecule has 1 aromatic heterocycles. The number of hydrogen-bond acceptors (Lipinski definition) is 4. The quantitative estimate of drug-likeness (QED) is 0.852. The fraction of sp³-hybridized carbons (Fsp3) is 0.400. The number of fused-ring (bicyclic) bond motifs is 1. The van der Waals surface area contributed by atoms with Gasteiger partial charge in [-0.05, 0) is 50.0 Å². The van der Waals surface area contributed by atoms with Crippen molar-refractivity contribution < 1.29 is 4.52 Å². The Morgan fingerprint density at radius 2 is 2.14 bits per heavy atom. The van der Waals surface area contributed by atoms with Gasteiger partial charge in [-0.1, -0.05) is 22.8 Å². The summed E-state index contributed by atoms with van der Waals surface area (Å²) in [6.07, 6.45) is 2.11. The van der Waals surface area contributed by atoms with E-state index in [2.05, 4.69) is 16.5 Å². The molecule has 0 aliphatic carbocycles. The van der Waals surface area contributed by atoms with E-state index in [0.717, 1.165) is 48.2 Å². The lowest BCUT2D eigenvalue weighted by Gasteiger charge is -2.13. The van der Waals surface area contributed by atoms with Crippen molar-refractivity contribution in [1.29, 1.82) is 0 Å². The summed E-state index contributed by atoms with van der Waals surface area (Å²) in [5.41, 5.74) is 3.78. The van der Waals surface area contributed by atoms with E-state index in [0.29, 0.717) is 0 Å². The molecule has 21 heavy (non-hydrogen) atoms. The summed E-state index contributed by atoms with van der Waals surface area (Å²) < 4.78 is 5.11. The Hall–Kier alpha value is -0.680. The second-order valence-corrected chi connectivity index (χ2v) is 6.37. The normalized spacial score (nSPS) is 14.2. The second-order valence-electron chi connectivity index (χ2n) is 4.98. The number of nitrogens with one attached hydrogen (secondary N) is 1. The lowest BCUT2D eigenvalue weighted by atomic mass is 10.0. The molecular formula is C15H18Cl2N2OS. The van der Waals surface area contributed by atoms with Gasteiger partial charge in [0.05, 0.1) is 10.7 Å². The van der Waals surface area contributed by atoms with E-state index in [4.69, 9.17) is 16.1 Å². The average molecular weight is 345 g/mol. The molecule has 0 radical (unpaired) electrons. The van der Waals surface area contributed by atoms with Gasteiger partial charge in [0.1, 0.15) is 5.76 Å². The Labute approximate surface area is 140 Å². The van der Waals surface area contributed by atoms with Crippen LogP contribution in [0.3, 0.4) is 0 Å². The summed E-state index contributed by atoms with van der Waals surface area (Å²) in [7, 11) is 0. The van der Waals surface area contributed by atoms with Crippen molar-refractivity contribution in [3.05, 3.63) is 45.8 Å². The van der Waals surface area contributed by atoms with Crippen molar-refractivity contribution in [3.63, 3.8) is 0 Å². The van der Waals surface area contributed by atoms with Gasteiger partial charge in [0.15, 0.2) is 0 Å². The molecule has 114 valence electrons. The molecule has 1 N–H and O–H groups in total. The maximum Gasteiger partial charge on any atom is 0.133 e. The highest BCUT2D eigenvalue weighted by atomic mass is 35.5.